The number of rotatable bonds is 9. The van der Waals surface area contributed by atoms with Gasteiger partial charge in [-0.25, -0.2) is 0 Å². The lowest BCUT2D eigenvalue weighted by atomic mass is 10.1. The fourth-order valence-corrected chi connectivity index (χ4v) is 3.95. The van der Waals surface area contributed by atoms with Crippen LogP contribution in [0.5, 0.6) is 0 Å². The first kappa shape index (κ1) is 28.1. The number of amides is 2. The predicted octanol–water partition coefficient (Wildman–Crippen LogP) is 6.71. The standard InChI is InChI=1S/C33H28ClN3O3/c1-37(2)28-19-12-23(13-20-28)14-21-31(38)24-15-17-27(18-16-24)35-33(40)30(22-26-10-6-7-11-29(26)34)36-32(39)25-8-4-3-5-9-25/h3-22H,1-2H3,(H,35,40)(H,36,39)/b21-14+,30-22-. The topological polar surface area (TPSA) is 78.5 Å². The highest BCUT2D eigenvalue weighted by Gasteiger charge is 2.16. The number of carbonyl (C=O) groups is 3. The smallest absolute Gasteiger partial charge is 0.272 e. The molecular formula is C33H28ClN3O3. The summed E-state index contributed by atoms with van der Waals surface area (Å²) in [6.07, 6.45) is 4.80. The molecule has 0 spiro atoms. The Hall–Kier alpha value is -4.94. The Balaban J connectivity index is 1.47. The average Bonchev–Trinajstić information content (AvgIpc) is 2.97. The lowest BCUT2D eigenvalue weighted by Crippen LogP contribution is -2.30. The zero-order valence-electron chi connectivity index (χ0n) is 22.1. The van der Waals surface area contributed by atoms with Crippen molar-refractivity contribution < 1.29 is 14.4 Å². The van der Waals surface area contributed by atoms with Crippen LogP contribution in [0.4, 0.5) is 11.4 Å². The summed E-state index contributed by atoms with van der Waals surface area (Å²) in [4.78, 5) is 40.7. The Labute approximate surface area is 238 Å². The SMILES string of the molecule is CN(C)c1ccc(/C=C/C(=O)c2ccc(NC(=O)/C(=C/c3ccccc3Cl)NC(=O)c3ccccc3)cc2)cc1. The number of halogens is 1. The van der Waals surface area contributed by atoms with Gasteiger partial charge in [-0.2, -0.15) is 0 Å². The van der Waals surface area contributed by atoms with E-state index in [0.29, 0.717) is 27.4 Å². The van der Waals surface area contributed by atoms with E-state index in [1.807, 2.05) is 43.3 Å². The molecule has 0 aromatic heterocycles. The summed E-state index contributed by atoms with van der Waals surface area (Å²) < 4.78 is 0. The van der Waals surface area contributed by atoms with E-state index < -0.39 is 11.8 Å². The number of nitrogens with one attached hydrogen (secondary N) is 2. The van der Waals surface area contributed by atoms with Gasteiger partial charge in [-0.05, 0) is 77.9 Å². The second-order valence-electron chi connectivity index (χ2n) is 9.11. The van der Waals surface area contributed by atoms with E-state index in [2.05, 4.69) is 10.6 Å². The molecule has 4 rings (SSSR count). The van der Waals surface area contributed by atoms with Crippen molar-refractivity contribution in [2.45, 2.75) is 0 Å². The maximum absolute atomic E-state index is 13.2. The predicted molar refractivity (Wildman–Crippen MR) is 163 cm³/mol. The second kappa shape index (κ2) is 13.2. The summed E-state index contributed by atoms with van der Waals surface area (Å²) in [5.41, 5.74) is 3.93. The van der Waals surface area contributed by atoms with E-state index in [0.717, 1.165) is 11.3 Å². The second-order valence-corrected chi connectivity index (χ2v) is 9.52. The van der Waals surface area contributed by atoms with E-state index in [9.17, 15) is 14.4 Å². The van der Waals surface area contributed by atoms with E-state index in [1.54, 1.807) is 84.9 Å². The molecule has 4 aromatic rings. The molecule has 2 N–H and O–H groups in total. The summed E-state index contributed by atoms with van der Waals surface area (Å²) in [7, 11) is 3.94. The summed E-state index contributed by atoms with van der Waals surface area (Å²) in [5, 5.41) is 5.90. The van der Waals surface area contributed by atoms with Crippen molar-refractivity contribution in [3.63, 3.8) is 0 Å². The molecule has 0 fully saturated rings. The minimum absolute atomic E-state index is 0.0188. The van der Waals surface area contributed by atoms with Gasteiger partial charge in [-0.3, -0.25) is 14.4 Å². The number of allylic oxidation sites excluding steroid dienone is 1. The number of hydrogen-bond donors (Lipinski definition) is 2. The molecule has 0 bridgehead atoms. The van der Waals surface area contributed by atoms with Crippen molar-refractivity contribution >= 4 is 52.7 Å². The number of nitrogens with zero attached hydrogens (tertiary/aromatic N) is 1. The highest BCUT2D eigenvalue weighted by atomic mass is 35.5. The van der Waals surface area contributed by atoms with Crippen molar-refractivity contribution in [1.29, 1.82) is 0 Å². The van der Waals surface area contributed by atoms with E-state index in [-0.39, 0.29) is 11.5 Å². The Kier molecular flexibility index (Phi) is 9.28. The van der Waals surface area contributed by atoms with Gasteiger partial charge in [0, 0.05) is 41.6 Å². The van der Waals surface area contributed by atoms with Crippen LogP contribution in [-0.4, -0.2) is 31.7 Å². The van der Waals surface area contributed by atoms with Gasteiger partial charge in [0.2, 0.25) is 0 Å². The normalized spacial score (nSPS) is 11.2. The molecular weight excluding hydrogens is 522 g/mol. The molecule has 0 saturated carbocycles. The first-order valence-corrected chi connectivity index (χ1v) is 12.9. The summed E-state index contributed by atoms with van der Waals surface area (Å²) in [6, 6.07) is 30.0. The molecule has 4 aromatic carbocycles. The van der Waals surface area contributed by atoms with Crippen LogP contribution in [0.25, 0.3) is 12.2 Å². The van der Waals surface area contributed by atoms with Crippen LogP contribution in [-0.2, 0) is 4.79 Å². The third kappa shape index (κ3) is 7.56. The van der Waals surface area contributed by atoms with E-state index in [4.69, 9.17) is 11.6 Å². The van der Waals surface area contributed by atoms with Crippen LogP contribution in [0, 0.1) is 0 Å². The lowest BCUT2D eigenvalue weighted by molar-refractivity contribution is -0.113. The van der Waals surface area contributed by atoms with E-state index in [1.165, 1.54) is 12.2 Å². The molecule has 0 atom stereocenters. The van der Waals surface area contributed by atoms with Crippen LogP contribution in [0.2, 0.25) is 5.02 Å². The summed E-state index contributed by atoms with van der Waals surface area (Å²) in [5.74, 6) is -1.13. The highest BCUT2D eigenvalue weighted by Crippen LogP contribution is 2.19. The van der Waals surface area contributed by atoms with Gasteiger partial charge in [0.05, 0.1) is 0 Å². The molecule has 7 heteroatoms. The molecule has 0 aliphatic carbocycles. The Morgan fingerprint density at radius 2 is 1.40 bits per heavy atom. The minimum Gasteiger partial charge on any atom is -0.378 e. The molecule has 0 saturated heterocycles. The average molecular weight is 550 g/mol. The van der Waals surface area contributed by atoms with Gasteiger partial charge in [0.15, 0.2) is 5.78 Å². The quantitative estimate of drug-likeness (QED) is 0.180. The van der Waals surface area contributed by atoms with Crippen molar-refractivity contribution in [3.8, 4) is 0 Å². The van der Waals surface area contributed by atoms with Crippen molar-refractivity contribution in [3.05, 3.63) is 142 Å². The third-order valence-electron chi connectivity index (χ3n) is 6.00. The zero-order chi connectivity index (χ0) is 28.5. The van der Waals surface area contributed by atoms with Gasteiger partial charge in [-0.1, -0.05) is 66.2 Å². The summed E-state index contributed by atoms with van der Waals surface area (Å²) >= 11 is 6.29. The maximum atomic E-state index is 13.2. The zero-order valence-corrected chi connectivity index (χ0v) is 22.9. The molecule has 40 heavy (non-hydrogen) atoms. The molecule has 0 unspecified atom stereocenters. The van der Waals surface area contributed by atoms with Gasteiger partial charge < -0.3 is 15.5 Å². The van der Waals surface area contributed by atoms with Crippen LogP contribution in [0.15, 0.2) is 115 Å². The van der Waals surface area contributed by atoms with Gasteiger partial charge in [0.25, 0.3) is 11.8 Å². The summed E-state index contributed by atoms with van der Waals surface area (Å²) in [6.45, 7) is 0. The number of anilines is 2. The molecule has 6 nitrogen and oxygen atoms in total. The first-order chi connectivity index (χ1) is 19.3. The first-order valence-electron chi connectivity index (χ1n) is 12.5. The van der Waals surface area contributed by atoms with Crippen LogP contribution >= 0.6 is 11.6 Å². The molecule has 0 aliphatic heterocycles. The van der Waals surface area contributed by atoms with Gasteiger partial charge >= 0.3 is 0 Å². The molecule has 0 aliphatic rings. The van der Waals surface area contributed by atoms with Crippen LogP contribution in [0.3, 0.4) is 0 Å². The van der Waals surface area contributed by atoms with Crippen molar-refractivity contribution in [2.24, 2.45) is 0 Å². The fourth-order valence-electron chi connectivity index (χ4n) is 3.76. The Bertz CT molecular complexity index is 1560. The van der Waals surface area contributed by atoms with Crippen LogP contribution < -0.4 is 15.5 Å². The largest absolute Gasteiger partial charge is 0.378 e. The molecule has 200 valence electrons. The molecule has 2 amide bonds. The molecule has 0 heterocycles. The lowest BCUT2D eigenvalue weighted by Gasteiger charge is -2.12. The fraction of sp³-hybridized carbons (Fsp3) is 0.0606. The number of benzene rings is 4. The number of carbonyl (C=O) groups excluding carboxylic acids is 3. The van der Waals surface area contributed by atoms with Crippen molar-refractivity contribution in [2.75, 3.05) is 24.3 Å². The van der Waals surface area contributed by atoms with Gasteiger partial charge in [-0.15, -0.1) is 0 Å². The monoisotopic (exact) mass is 549 g/mol. The van der Waals surface area contributed by atoms with E-state index >= 15 is 0 Å². The maximum Gasteiger partial charge on any atom is 0.272 e. The third-order valence-corrected chi connectivity index (χ3v) is 6.34. The highest BCUT2D eigenvalue weighted by molar-refractivity contribution is 6.32. The molecule has 0 radical (unpaired) electrons. The van der Waals surface area contributed by atoms with Crippen molar-refractivity contribution in [1.82, 2.24) is 5.32 Å². The number of ketones is 1. The van der Waals surface area contributed by atoms with Gasteiger partial charge in [0.1, 0.15) is 5.70 Å². The van der Waals surface area contributed by atoms with Crippen LogP contribution in [0.1, 0.15) is 31.8 Å². The Morgan fingerprint density at radius 3 is 2.05 bits per heavy atom. The minimum atomic E-state index is -0.538. The number of hydrogen-bond acceptors (Lipinski definition) is 4. The Morgan fingerprint density at radius 1 is 0.750 bits per heavy atom.